The van der Waals surface area contributed by atoms with E-state index < -0.39 is 6.03 Å². The summed E-state index contributed by atoms with van der Waals surface area (Å²) in [6.45, 7) is 4.39. The second kappa shape index (κ2) is 9.12. The number of anilines is 2. The zero-order valence-electron chi connectivity index (χ0n) is 15.7. The number of aryl methyl sites for hydroxylation is 1. The van der Waals surface area contributed by atoms with Gasteiger partial charge < -0.3 is 20.4 Å². The maximum Gasteiger partial charge on any atom is 0.319 e. The summed E-state index contributed by atoms with van der Waals surface area (Å²) in [6.07, 6.45) is 3.62. The summed E-state index contributed by atoms with van der Waals surface area (Å²) in [5.74, 6) is 0.339. The summed E-state index contributed by atoms with van der Waals surface area (Å²) in [7, 11) is 0. The van der Waals surface area contributed by atoms with Crippen LogP contribution in [0.15, 0.2) is 36.7 Å². The first-order valence-electron chi connectivity index (χ1n) is 9.13. The highest BCUT2D eigenvalue weighted by Crippen LogP contribution is 2.13. The van der Waals surface area contributed by atoms with Crippen molar-refractivity contribution >= 4 is 23.6 Å². The Morgan fingerprint density at radius 2 is 1.86 bits per heavy atom. The molecule has 1 saturated heterocycles. The number of halogens is 1. The van der Waals surface area contributed by atoms with Crippen LogP contribution in [0.4, 0.5) is 20.8 Å². The molecule has 0 aliphatic carbocycles. The van der Waals surface area contributed by atoms with E-state index in [1.165, 1.54) is 12.1 Å². The van der Waals surface area contributed by atoms with Gasteiger partial charge in [0.05, 0.1) is 0 Å². The normalized spacial score (nSPS) is 13.9. The molecule has 1 aromatic carbocycles. The predicted molar refractivity (Wildman–Crippen MR) is 104 cm³/mol. The number of amides is 3. The molecule has 1 aliphatic heterocycles. The largest absolute Gasteiger partial charge is 0.339 e. The maximum absolute atomic E-state index is 13.2. The average Bonchev–Trinajstić information content (AvgIpc) is 2.71. The molecule has 8 nitrogen and oxygen atoms in total. The van der Waals surface area contributed by atoms with Crippen LogP contribution < -0.4 is 15.5 Å². The number of piperazine rings is 1. The number of aromatic nitrogens is 2. The first kappa shape index (κ1) is 19.5. The van der Waals surface area contributed by atoms with E-state index in [2.05, 4.69) is 20.6 Å². The van der Waals surface area contributed by atoms with Gasteiger partial charge >= 0.3 is 6.03 Å². The van der Waals surface area contributed by atoms with Crippen LogP contribution in [0, 0.1) is 12.7 Å². The highest BCUT2D eigenvalue weighted by atomic mass is 19.1. The predicted octanol–water partition coefficient (Wildman–Crippen LogP) is 1.78. The van der Waals surface area contributed by atoms with Gasteiger partial charge in [0.1, 0.15) is 5.82 Å². The summed E-state index contributed by atoms with van der Waals surface area (Å²) < 4.78 is 13.2. The summed E-state index contributed by atoms with van der Waals surface area (Å²) in [5, 5.41) is 5.27. The fourth-order valence-corrected chi connectivity index (χ4v) is 2.95. The van der Waals surface area contributed by atoms with E-state index >= 15 is 0 Å². The highest BCUT2D eigenvalue weighted by Gasteiger charge is 2.22. The van der Waals surface area contributed by atoms with E-state index in [1.807, 2.05) is 4.90 Å². The van der Waals surface area contributed by atoms with Crippen LogP contribution >= 0.6 is 0 Å². The number of urea groups is 1. The molecule has 28 heavy (non-hydrogen) atoms. The van der Waals surface area contributed by atoms with Crippen molar-refractivity contribution in [3.63, 3.8) is 0 Å². The van der Waals surface area contributed by atoms with Gasteiger partial charge in [-0.15, -0.1) is 0 Å². The molecular weight excluding hydrogens is 363 g/mol. The molecule has 0 saturated carbocycles. The minimum atomic E-state index is -0.426. The Morgan fingerprint density at radius 3 is 2.54 bits per heavy atom. The standard InChI is InChI=1S/C19H23FN6O2/c1-14-13-15(3-4-16(14)20)24-19(28)23-8-5-17(27)25-9-11-26(12-10-25)18-21-6-2-7-22-18/h2-4,6-7,13H,5,8-12H2,1H3,(H2,23,24,28). The van der Waals surface area contributed by atoms with Crippen LogP contribution in [-0.2, 0) is 4.79 Å². The van der Waals surface area contributed by atoms with Gasteiger partial charge in [-0.2, -0.15) is 0 Å². The van der Waals surface area contributed by atoms with Crippen LogP contribution in [0.3, 0.4) is 0 Å². The van der Waals surface area contributed by atoms with Gasteiger partial charge in [-0.1, -0.05) is 0 Å². The van der Waals surface area contributed by atoms with Gasteiger partial charge in [0, 0.05) is 57.2 Å². The number of carbonyl (C=O) groups is 2. The molecule has 0 bridgehead atoms. The maximum atomic E-state index is 13.2. The van der Waals surface area contributed by atoms with Crippen molar-refractivity contribution in [2.24, 2.45) is 0 Å². The van der Waals surface area contributed by atoms with Crippen molar-refractivity contribution < 1.29 is 14.0 Å². The number of carbonyl (C=O) groups excluding carboxylic acids is 2. The number of nitrogens with one attached hydrogen (secondary N) is 2. The number of hydrogen-bond acceptors (Lipinski definition) is 5. The molecular formula is C19H23FN6O2. The molecule has 2 N–H and O–H groups in total. The van der Waals surface area contributed by atoms with E-state index in [-0.39, 0.29) is 24.7 Å². The molecule has 2 aromatic rings. The Balaban J connectivity index is 1.37. The molecule has 1 fully saturated rings. The fourth-order valence-electron chi connectivity index (χ4n) is 2.95. The molecule has 2 heterocycles. The van der Waals surface area contributed by atoms with E-state index in [9.17, 15) is 14.0 Å². The molecule has 3 amide bonds. The lowest BCUT2D eigenvalue weighted by Gasteiger charge is -2.34. The van der Waals surface area contributed by atoms with Crippen molar-refractivity contribution in [3.05, 3.63) is 48.0 Å². The lowest BCUT2D eigenvalue weighted by atomic mass is 10.2. The molecule has 0 radical (unpaired) electrons. The lowest BCUT2D eigenvalue weighted by Crippen LogP contribution is -2.49. The minimum Gasteiger partial charge on any atom is -0.339 e. The molecule has 0 spiro atoms. The summed E-state index contributed by atoms with van der Waals surface area (Å²) in [4.78, 5) is 36.5. The zero-order chi connectivity index (χ0) is 19.9. The first-order valence-corrected chi connectivity index (χ1v) is 9.13. The molecule has 0 atom stereocenters. The second-order valence-electron chi connectivity index (χ2n) is 6.51. The van der Waals surface area contributed by atoms with Crippen LogP contribution in [0.1, 0.15) is 12.0 Å². The van der Waals surface area contributed by atoms with Crippen molar-refractivity contribution in [1.82, 2.24) is 20.2 Å². The summed E-state index contributed by atoms with van der Waals surface area (Å²) >= 11 is 0. The van der Waals surface area contributed by atoms with Gasteiger partial charge in [-0.25, -0.2) is 19.2 Å². The van der Waals surface area contributed by atoms with Crippen molar-refractivity contribution in [2.45, 2.75) is 13.3 Å². The van der Waals surface area contributed by atoms with Gasteiger partial charge in [0.15, 0.2) is 0 Å². The number of rotatable bonds is 5. The molecule has 1 aromatic heterocycles. The van der Waals surface area contributed by atoms with Crippen LogP contribution in [-0.4, -0.2) is 59.5 Å². The average molecular weight is 386 g/mol. The molecule has 9 heteroatoms. The van der Waals surface area contributed by atoms with E-state index in [4.69, 9.17) is 0 Å². The third kappa shape index (κ3) is 5.15. The number of benzene rings is 1. The molecule has 3 rings (SSSR count). The third-order valence-corrected chi connectivity index (χ3v) is 4.51. The zero-order valence-corrected chi connectivity index (χ0v) is 15.7. The van der Waals surface area contributed by atoms with E-state index in [1.54, 1.807) is 36.4 Å². The first-order chi connectivity index (χ1) is 13.5. The molecule has 1 aliphatic rings. The lowest BCUT2D eigenvalue weighted by molar-refractivity contribution is -0.131. The Morgan fingerprint density at radius 1 is 1.14 bits per heavy atom. The second-order valence-corrected chi connectivity index (χ2v) is 6.51. The van der Waals surface area contributed by atoms with Crippen molar-refractivity contribution in [3.8, 4) is 0 Å². The number of hydrogen-bond donors (Lipinski definition) is 2. The van der Waals surface area contributed by atoms with Gasteiger partial charge in [0.2, 0.25) is 11.9 Å². The number of nitrogens with zero attached hydrogens (tertiary/aromatic N) is 4. The highest BCUT2D eigenvalue weighted by molar-refractivity contribution is 5.89. The molecule has 0 unspecified atom stereocenters. The Hall–Kier alpha value is -3.23. The molecule has 148 valence electrons. The monoisotopic (exact) mass is 386 g/mol. The van der Waals surface area contributed by atoms with Crippen LogP contribution in [0.25, 0.3) is 0 Å². The van der Waals surface area contributed by atoms with Crippen molar-refractivity contribution in [2.75, 3.05) is 42.9 Å². The summed E-state index contributed by atoms with van der Waals surface area (Å²) in [5.41, 5.74) is 0.954. The van der Waals surface area contributed by atoms with Crippen molar-refractivity contribution in [1.29, 1.82) is 0 Å². The minimum absolute atomic E-state index is 0.00782. The summed E-state index contributed by atoms with van der Waals surface area (Å²) in [6, 6.07) is 5.68. The van der Waals surface area contributed by atoms with Crippen LogP contribution in [0.2, 0.25) is 0 Å². The SMILES string of the molecule is Cc1cc(NC(=O)NCCC(=O)N2CCN(c3ncccn3)CC2)ccc1F. The van der Waals surface area contributed by atoms with E-state index in [0.29, 0.717) is 43.4 Å². The Bertz CT molecular complexity index is 824. The quantitative estimate of drug-likeness (QED) is 0.818. The van der Waals surface area contributed by atoms with Crippen LogP contribution in [0.5, 0.6) is 0 Å². The van der Waals surface area contributed by atoms with Gasteiger partial charge in [-0.05, 0) is 36.8 Å². The Kier molecular flexibility index (Phi) is 6.36. The topological polar surface area (TPSA) is 90.5 Å². The van der Waals surface area contributed by atoms with E-state index in [0.717, 1.165) is 0 Å². The smallest absolute Gasteiger partial charge is 0.319 e. The fraction of sp³-hybridized carbons (Fsp3) is 0.368. The van der Waals surface area contributed by atoms with Gasteiger partial charge in [0.25, 0.3) is 0 Å². The Labute approximate surface area is 162 Å². The third-order valence-electron chi connectivity index (χ3n) is 4.51. The van der Waals surface area contributed by atoms with Gasteiger partial charge in [-0.3, -0.25) is 4.79 Å².